The quantitative estimate of drug-likeness (QED) is 0.777. The highest BCUT2D eigenvalue weighted by Crippen LogP contribution is 2.24. The van der Waals surface area contributed by atoms with Crippen molar-refractivity contribution in [2.75, 3.05) is 20.3 Å². The standard InChI is InChI=1S/C10H18N4O3S/c1-7-10(9(5-11)13-12-7)18(15,16)14(2)8-3-4-17-6-8/h8H,3-6,11H2,1-2H3,(H,12,13). The molecule has 0 spiro atoms. The van der Waals surface area contributed by atoms with Gasteiger partial charge in [-0.1, -0.05) is 0 Å². The van der Waals surface area contributed by atoms with Gasteiger partial charge in [-0.25, -0.2) is 8.42 Å². The highest BCUT2D eigenvalue weighted by molar-refractivity contribution is 7.89. The minimum Gasteiger partial charge on any atom is -0.380 e. The van der Waals surface area contributed by atoms with Crippen molar-refractivity contribution in [3.8, 4) is 0 Å². The first kappa shape index (κ1) is 13.5. The molecule has 2 heterocycles. The summed E-state index contributed by atoms with van der Waals surface area (Å²) >= 11 is 0. The van der Waals surface area contributed by atoms with Gasteiger partial charge < -0.3 is 10.5 Å². The molecule has 1 atom stereocenters. The number of aromatic amines is 1. The molecule has 1 aliphatic rings. The second-order valence-corrected chi connectivity index (χ2v) is 6.30. The summed E-state index contributed by atoms with van der Waals surface area (Å²) in [7, 11) is -2.00. The fourth-order valence-electron chi connectivity index (χ4n) is 2.10. The van der Waals surface area contributed by atoms with Gasteiger partial charge in [0.05, 0.1) is 24.0 Å². The zero-order valence-electron chi connectivity index (χ0n) is 10.5. The van der Waals surface area contributed by atoms with Crippen LogP contribution in [0.1, 0.15) is 17.8 Å². The third-order valence-corrected chi connectivity index (χ3v) is 5.33. The van der Waals surface area contributed by atoms with Crippen LogP contribution in [0.5, 0.6) is 0 Å². The SMILES string of the molecule is Cc1[nH]nc(CN)c1S(=O)(=O)N(C)C1CCOC1. The summed E-state index contributed by atoms with van der Waals surface area (Å²) in [5.74, 6) is 0. The van der Waals surface area contributed by atoms with E-state index in [4.69, 9.17) is 10.5 Å². The number of likely N-dealkylation sites (N-methyl/N-ethyl adjacent to an activating group) is 1. The number of hydrogen-bond donors (Lipinski definition) is 2. The van der Waals surface area contributed by atoms with Crippen LogP contribution in [-0.4, -0.2) is 49.2 Å². The molecule has 0 amide bonds. The van der Waals surface area contributed by atoms with Crippen LogP contribution in [0.4, 0.5) is 0 Å². The number of rotatable bonds is 4. The highest BCUT2D eigenvalue weighted by Gasteiger charge is 2.34. The lowest BCUT2D eigenvalue weighted by Crippen LogP contribution is -2.38. The highest BCUT2D eigenvalue weighted by atomic mass is 32.2. The predicted molar refractivity (Wildman–Crippen MR) is 65.4 cm³/mol. The summed E-state index contributed by atoms with van der Waals surface area (Å²) in [5.41, 5.74) is 6.41. The Morgan fingerprint density at radius 3 is 2.89 bits per heavy atom. The number of ether oxygens (including phenoxy) is 1. The molecule has 7 nitrogen and oxygen atoms in total. The first-order valence-corrected chi connectivity index (χ1v) is 7.22. The molecule has 2 rings (SSSR count). The van der Waals surface area contributed by atoms with Gasteiger partial charge in [-0.05, 0) is 13.3 Å². The van der Waals surface area contributed by atoms with E-state index in [-0.39, 0.29) is 17.5 Å². The Balaban J connectivity index is 2.37. The number of hydrogen-bond acceptors (Lipinski definition) is 5. The van der Waals surface area contributed by atoms with Gasteiger partial charge in [0.2, 0.25) is 10.0 Å². The Hall–Kier alpha value is -0.960. The predicted octanol–water partition coefficient (Wildman–Crippen LogP) is -0.414. The van der Waals surface area contributed by atoms with E-state index in [1.807, 2.05) is 0 Å². The first-order valence-electron chi connectivity index (χ1n) is 5.78. The molecule has 1 aliphatic heterocycles. The van der Waals surface area contributed by atoms with E-state index in [1.54, 1.807) is 14.0 Å². The molecule has 1 aromatic heterocycles. The van der Waals surface area contributed by atoms with E-state index >= 15 is 0 Å². The molecule has 0 saturated carbocycles. The molecule has 1 aromatic rings. The molecule has 1 fully saturated rings. The van der Waals surface area contributed by atoms with Gasteiger partial charge in [0.25, 0.3) is 0 Å². The van der Waals surface area contributed by atoms with Crippen molar-refractivity contribution in [3.05, 3.63) is 11.4 Å². The molecule has 0 aromatic carbocycles. The number of H-pyrrole nitrogens is 1. The van der Waals surface area contributed by atoms with E-state index in [2.05, 4.69) is 10.2 Å². The zero-order chi connectivity index (χ0) is 13.3. The van der Waals surface area contributed by atoms with Gasteiger partial charge in [0.15, 0.2) is 0 Å². The van der Waals surface area contributed by atoms with Gasteiger partial charge in [0, 0.05) is 20.2 Å². The summed E-state index contributed by atoms with van der Waals surface area (Å²) < 4.78 is 31.7. The van der Waals surface area contributed by atoms with Crippen LogP contribution < -0.4 is 5.73 Å². The lowest BCUT2D eigenvalue weighted by atomic mass is 10.3. The molecule has 0 aliphatic carbocycles. The maximum absolute atomic E-state index is 12.5. The van der Waals surface area contributed by atoms with Gasteiger partial charge in [0.1, 0.15) is 4.90 Å². The average Bonchev–Trinajstić information content (AvgIpc) is 2.96. The Bertz CT molecular complexity index is 519. The van der Waals surface area contributed by atoms with Crippen molar-refractivity contribution in [2.45, 2.75) is 30.8 Å². The van der Waals surface area contributed by atoms with Gasteiger partial charge in [-0.3, -0.25) is 5.10 Å². The van der Waals surface area contributed by atoms with Crippen LogP contribution in [0.15, 0.2) is 4.90 Å². The minimum absolute atomic E-state index is 0.0912. The second kappa shape index (κ2) is 4.96. The maximum Gasteiger partial charge on any atom is 0.246 e. The largest absolute Gasteiger partial charge is 0.380 e. The number of nitrogens with zero attached hydrogens (tertiary/aromatic N) is 2. The fraction of sp³-hybridized carbons (Fsp3) is 0.700. The van der Waals surface area contributed by atoms with Crippen molar-refractivity contribution >= 4 is 10.0 Å². The normalized spacial score (nSPS) is 20.8. The molecule has 102 valence electrons. The van der Waals surface area contributed by atoms with Gasteiger partial charge in [-0.15, -0.1) is 0 Å². The Kier molecular flexibility index (Phi) is 3.71. The maximum atomic E-state index is 12.5. The van der Waals surface area contributed by atoms with Crippen LogP contribution in [0.3, 0.4) is 0 Å². The van der Waals surface area contributed by atoms with Crippen LogP contribution in [-0.2, 0) is 21.3 Å². The van der Waals surface area contributed by atoms with E-state index < -0.39 is 10.0 Å². The summed E-state index contributed by atoms with van der Waals surface area (Å²) in [5, 5.41) is 6.60. The van der Waals surface area contributed by atoms with Crippen molar-refractivity contribution in [2.24, 2.45) is 5.73 Å². The number of sulfonamides is 1. The minimum atomic E-state index is -3.57. The number of nitrogens with one attached hydrogen (secondary N) is 1. The van der Waals surface area contributed by atoms with Crippen molar-refractivity contribution in [1.29, 1.82) is 0 Å². The Morgan fingerprint density at radius 1 is 1.61 bits per heavy atom. The third-order valence-electron chi connectivity index (χ3n) is 3.21. The van der Waals surface area contributed by atoms with Crippen molar-refractivity contribution in [3.63, 3.8) is 0 Å². The monoisotopic (exact) mass is 274 g/mol. The molecular weight excluding hydrogens is 256 g/mol. The lowest BCUT2D eigenvalue weighted by molar-refractivity contribution is 0.181. The first-order chi connectivity index (χ1) is 8.48. The number of aryl methyl sites for hydroxylation is 1. The Morgan fingerprint density at radius 2 is 2.33 bits per heavy atom. The average molecular weight is 274 g/mol. The summed E-state index contributed by atoms with van der Waals surface area (Å²) in [6, 6.07) is -0.116. The molecule has 18 heavy (non-hydrogen) atoms. The smallest absolute Gasteiger partial charge is 0.246 e. The molecule has 0 bridgehead atoms. The third kappa shape index (κ3) is 2.16. The molecule has 1 saturated heterocycles. The van der Waals surface area contributed by atoms with Crippen LogP contribution in [0, 0.1) is 6.92 Å². The van der Waals surface area contributed by atoms with Crippen LogP contribution in [0.2, 0.25) is 0 Å². The van der Waals surface area contributed by atoms with Crippen LogP contribution >= 0.6 is 0 Å². The van der Waals surface area contributed by atoms with Gasteiger partial charge in [-0.2, -0.15) is 9.40 Å². The fourth-order valence-corrected chi connectivity index (χ4v) is 3.81. The van der Waals surface area contributed by atoms with E-state index in [0.717, 1.165) is 0 Å². The molecule has 1 unspecified atom stereocenters. The zero-order valence-corrected chi connectivity index (χ0v) is 11.3. The van der Waals surface area contributed by atoms with E-state index in [0.29, 0.717) is 31.0 Å². The topological polar surface area (TPSA) is 101 Å². The summed E-state index contributed by atoms with van der Waals surface area (Å²) in [6.07, 6.45) is 0.713. The molecule has 3 N–H and O–H groups in total. The molecule has 8 heteroatoms. The van der Waals surface area contributed by atoms with E-state index in [9.17, 15) is 8.42 Å². The van der Waals surface area contributed by atoms with Gasteiger partial charge >= 0.3 is 0 Å². The van der Waals surface area contributed by atoms with Crippen molar-refractivity contribution in [1.82, 2.24) is 14.5 Å². The number of aromatic nitrogens is 2. The number of nitrogens with two attached hydrogens (primary N) is 1. The Labute approximate surface area is 106 Å². The molecular formula is C10H18N4O3S. The molecule has 0 radical (unpaired) electrons. The summed E-state index contributed by atoms with van der Waals surface area (Å²) in [4.78, 5) is 0.194. The second-order valence-electron chi connectivity index (χ2n) is 4.37. The summed E-state index contributed by atoms with van der Waals surface area (Å²) in [6.45, 7) is 2.80. The van der Waals surface area contributed by atoms with Crippen molar-refractivity contribution < 1.29 is 13.2 Å². The van der Waals surface area contributed by atoms with Crippen LogP contribution in [0.25, 0.3) is 0 Å². The lowest BCUT2D eigenvalue weighted by Gasteiger charge is -2.22. The van der Waals surface area contributed by atoms with E-state index in [1.165, 1.54) is 4.31 Å².